The number of hydrogen-bond donors (Lipinski definition) is 0. The van der Waals surface area contributed by atoms with Crippen molar-refractivity contribution in [3.05, 3.63) is 42.1 Å². The van der Waals surface area contributed by atoms with Gasteiger partial charge in [0.1, 0.15) is 30.6 Å². The lowest BCUT2D eigenvalue weighted by Crippen LogP contribution is -2.31. The number of aliphatic imine (C=N–C) groups is 1. The molecule has 0 spiro atoms. The fraction of sp³-hybridized carbons (Fsp3) is 0.278. The molecule has 128 valence electrons. The Morgan fingerprint density at radius 1 is 1.28 bits per heavy atom. The zero-order valence-corrected chi connectivity index (χ0v) is 14.5. The summed E-state index contributed by atoms with van der Waals surface area (Å²) < 4.78 is 11.3. The van der Waals surface area contributed by atoms with Crippen LogP contribution in [0, 0.1) is 0 Å². The molecule has 1 unspecified atom stereocenters. The molecule has 25 heavy (non-hydrogen) atoms. The molecule has 0 saturated carbocycles. The van der Waals surface area contributed by atoms with Gasteiger partial charge in [0.2, 0.25) is 0 Å². The minimum atomic E-state index is -0.522. The first-order valence-electron chi connectivity index (χ1n) is 8.13. The number of nitrogens with zero attached hydrogens (tertiary/aromatic N) is 3. The summed E-state index contributed by atoms with van der Waals surface area (Å²) >= 11 is 1.47. The SMILES string of the molecule is CCN(C1=NC(C=O)c2cccnc2S1)c1ccc2c(c1)OCCO2. The summed E-state index contributed by atoms with van der Waals surface area (Å²) in [7, 11) is 0. The standard InChI is InChI=1S/C18H17N3O3S/c1-2-21(12-5-6-15-16(10-12)24-9-8-23-15)18-20-14(11-22)13-4-3-7-19-17(13)25-18/h3-7,10-11,14H,2,8-9H2,1H3. The maximum Gasteiger partial charge on any atom is 0.171 e. The molecule has 6 nitrogen and oxygen atoms in total. The number of carbonyl (C=O) groups excluding carboxylic acids is 1. The van der Waals surface area contributed by atoms with E-state index < -0.39 is 6.04 Å². The van der Waals surface area contributed by atoms with Gasteiger partial charge in [0, 0.05) is 30.1 Å². The Morgan fingerprint density at radius 2 is 2.12 bits per heavy atom. The van der Waals surface area contributed by atoms with Crippen LogP contribution in [0.5, 0.6) is 11.5 Å². The molecule has 0 radical (unpaired) electrons. The highest BCUT2D eigenvalue weighted by Crippen LogP contribution is 2.38. The molecule has 0 aliphatic carbocycles. The first-order valence-corrected chi connectivity index (χ1v) is 8.95. The van der Waals surface area contributed by atoms with E-state index in [0.29, 0.717) is 19.8 Å². The third-order valence-electron chi connectivity index (χ3n) is 4.07. The first kappa shape index (κ1) is 16.0. The number of benzene rings is 1. The second kappa shape index (κ2) is 6.76. The molecule has 1 atom stereocenters. The van der Waals surface area contributed by atoms with Crippen LogP contribution >= 0.6 is 11.8 Å². The highest BCUT2D eigenvalue weighted by Gasteiger charge is 2.27. The summed E-state index contributed by atoms with van der Waals surface area (Å²) in [6.45, 7) is 3.86. The molecule has 0 amide bonds. The molecule has 3 heterocycles. The Hall–Kier alpha value is -2.54. The maximum absolute atomic E-state index is 11.5. The quantitative estimate of drug-likeness (QED) is 0.789. The van der Waals surface area contributed by atoms with Gasteiger partial charge in [-0.25, -0.2) is 9.98 Å². The molecular weight excluding hydrogens is 338 g/mol. The van der Waals surface area contributed by atoms with Gasteiger partial charge in [-0.2, -0.15) is 0 Å². The van der Waals surface area contributed by atoms with E-state index in [-0.39, 0.29) is 0 Å². The Balaban J connectivity index is 1.70. The van der Waals surface area contributed by atoms with Crippen molar-refractivity contribution in [2.24, 2.45) is 4.99 Å². The zero-order chi connectivity index (χ0) is 17.2. The number of aromatic nitrogens is 1. The van der Waals surface area contributed by atoms with Crippen LogP contribution in [0.4, 0.5) is 5.69 Å². The number of carbonyl (C=O) groups is 1. The van der Waals surface area contributed by atoms with E-state index >= 15 is 0 Å². The Kier molecular flexibility index (Phi) is 4.31. The second-order valence-electron chi connectivity index (χ2n) is 5.56. The van der Waals surface area contributed by atoms with E-state index in [1.807, 2.05) is 37.3 Å². The predicted molar refractivity (Wildman–Crippen MR) is 96.8 cm³/mol. The predicted octanol–water partition coefficient (Wildman–Crippen LogP) is 3.08. The van der Waals surface area contributed by atoms with Crippen molar-refractivity contribution in [3.8, 4) is 11.5 Å². The van der Waals surface area contributed by atoms with Gasteiger partial charge in [-0.05, 0) is 36.9 Å². The first-order chi connectivity index (χ1) is 12.3. The molecule has 2 aliphatic rings. The lowest BCUT2D eigenvalue weighted by Gasteiger charge is -2.29. The highest BCUT2D eigenvalue weighted by atomic mass is 32.2. The van der Waals surface area contributed by atoms with E-state index in [9.17, 15) is 4.79 Å². The summed E-state index contributed by atoms with van der Waals surface area (Å²) in [5.41, 5.74) is 1.80. The number of rotatable bonds is 3. The van der Waals surface area contributed by atoms with Gasteiger partial charge < -0.3 is 19.2 Å². The van der Waals surface area contributed by atoms with Crippen molar-refractivity contribution in [2.75, 3.05) is 24.7 Å². The topological polar surface area (TPSA) is 64.0 Å². The van der Waals surface area contributed by atoms with E-state index in [2.05, 4.69) is 14.9 Å². The lowest BCUT2D eigenvalue weighted by atomic mass is 10.1. The molecule has 0 saturated heterocycles. The Labute approximate surface area is 149 Å². The number of anilines is 1. The molecule has 1 aromatic heterocycles. The highest BCUT2D eigenvalue weighted by molar-refractivity contribution is 8.14. The van der Waals surface area contributed by atoms with E-state index in [4.69, 9.17) is 9.47 Å². The van der Waals surface area contributed by atoms with E-state index in [0.717, 1.165) is 39.2 Å². The summed E-state index contributed by atoms with van der Waals surface area (Å²) in [5.74, 6) is 1.48. The largest absolute Gasteiger partial charge is 0.486 e. The number of pyridine rings is 1. The molecule has 4 rings (SSSR count). The molecule has 2 aliphatic heterocycles. The molecule has 0 fully saturated rings. The van der Waals surface area contributed by atoms with Crippen LogP contribution < -0.4 is 14.4 Å². The van der Waals surface area contributed by atoms with Crippen molar-refractivity contribution in [3.63, 3.8) is 0 Å². The van der Waals surface area contributed by atoms with Gasteiger partial charge in [0.15, 0.2) is 16.7 Å². The van der Waals surface area contributed by atoms with Crippen molar-refractivity contribution < 1.29 is 14.3 Å². The molecular formula is C18H17N3O3S. The lowest BCUT2D eigenvalue weighted by molar-refractivity contribution is -0.109. The molecule has 2 aromatic rings. The van der Waals surface area contributed by atoms with Crippen molar-refractivity contribution in [1.82, 2.24) is 4.98 Å². The fourth-order valence-corrected chi connectivity index (χ4v) is 3.98. The minimum absolute atomic E-state index is 0.522. The average Bonchev–Trinajstić information content (AvgIpc) is 2.68. The molecule has 7 heteroatoms. The summed E-state index contributed by atoms with van der Waals surface area (Å²) in [5, 5.41) is 1.57. The van der Waals surface area contributed by atoms with Gasteiger partial charge in [-0.1, -0.05) is 6.07 Å². The molecule has 0 bridgehead atoms. The van der Waals surface area contributed by atoms with Crippen LogP contribution in [-0.2, 0) is 4.79 Å². The number of thioether (sulfide) groups is 1. The van der Waals surface area contributed by atoms with Crippen LogP contribution in [0.3, 0.4) is 0 Å². The van der Waals surface area contributed by atoms with Crippen LogP contribution in [-0.4, -0.2) is 36.2 Å². The monoisotopic (exact) mass is 355 g/mol. The fourth-order valence-electron chi connectivity index (χ4n) is 2.87. The number of aldehydes is 1. The summed E-state index contributed by atoms with van der Waals surface area (Å²) in [6.07, 6.45) is 2.59. The van der Waals surface area contributed by atoms with Crippen molar-refractivity contribution in [1.29, 1.82) is 0 Å². The smallest absolute Gasteiger partial charge is 0.171 e. The van der Waals surface area contributed by atoms with Crippen LogP contribution in [0.1, 0.15) is 18.5 Å². The van der Waals surface area contributed by atoms with Gasteiger partial charge in [0.05, 0.1) is 0 Å². The van der Waals surface area contributed by atoms with Crippen LogP contribution in [0.15, 0.2) is 46.5 Å². The zero-order valence-electron chi connectivity index (χ0n) is 13.7. The third kappa shape index (κ3) is 2.95. The van der Waals surface area contributed by atoms with Gasteiger partial charge in [0.25, 0.3) is 0 Å². The number of amidine groups is 1. The minimum Gasteiger partial charge on any atom is -0.486 e. The van der Waals surface area contributed by atoms with Gasteiger partial charge in [-0.3, -0.25) is 0 Å². The van der Waals surface area contributed by atoms with Crippen molar-refractivity contribution >= 4 is 28.9 Å². The summed E-state index contributed by atoms with van der Waals surface area (Å²) in [6, 6.07) is 9.04. The maximum atomic E-state index is 11.5. The Bertz CT molecular complexity index is 840. The number of hydrogen-bond acceptors (Lipinski definition) is 7. The van der Waals surface area contributed by atoms with E-state index in [1.165, 1.54) is 11.8 Å². The normalized spacial score (nSPS) is 18.1. The van der Waals surface area contributed by atoms with Gasteiger partial charge >= 0.3 is 0 Å². The van der Waals surface area contributed by atoms with Crippen molar-refractivity contribution in [2.45, 2.75) is 18.0 Å². The molecule has 1 aromatic carbocycles. The van der Waals surface area contributed by atoms with Crippen LogP contribution in [0.25, 0.3) is 0 Å². The summed E-state index contributed by atoms with van der Waals surface area (Å²) in [4.78, 5) is 22.6. The number of ether oxygens (including phenoxy) is 2. The Morgan fingerprint density at radius 3 is 2.92 bits per heavy atom. The van der Waals surface area contributed by atoms with E-state index in [1.54, 1.807) is 6.20 Å². The number of fused-ring (bicyclic) bond motifs is 2. The third-order valence-corrected chi connectivity index (χ3v) is 5.11. The van der Waals surface area contributed by atoms with Gasteiger partial charge in [-0.15, -0.1) is 0 Å². The molecule has 0 N–H and O–H groups in total. The second-order valence-corrected chi connectivity index (χ2v) is 6.52. The average molecular weight is 355 g/mol. The van der Waals surface area contributed by atoms with Crippen LogP contribution in [0.2, 0.25) is 0 Å².